The second kappa shape index (κ2) is 6.04. The van der Waals surface area contributed by atoms with Crippen molar-refractivity contribution < 1.29 is 5.11 Å². The number of nitrogens with zero attached hydrogens (tertiary/aromatic N) is 1. The molecule has 2 atom stereocenters. The van der Waals surface area contributed by atoms with Gasteiger partial charge in [-0.2, -0.15) is 0 Å². The summed E-state index contributed by atoms with van der Waals surface area (Å²) in [6.07, 6.45) is 2.75. The van der Waals surface area contributed by atoms with E-state index in [1.807, 2.05) is 6.92 Å². The van der Waals surface area contributed by atoms with Crippen molar-refractivity contribution >= 4 is 0 Å². The molecular weight excluding hydrogens is 236 g/mol. The summed E-state index contributed by atoms with van der Waals surface area (Å²) in [6, 6.07) is 8.87. The number of likely N-dealkylation sites (tertiary alicyclic amines) is 1. The Morgan fingerprint density at radius 3 is 2.84 bits per heavy atom. The van der Waals surface area contributed by atoms with E-state index in [1.54, 1.807) is 0 Å². The van der Waals surface area contributed by atoms with Gasteiger partial charge in [-0.3, -0.25) is 4.90 Å². The van der Waals surface area contributed by atoms with Crippen LogP contribution in [0.4, 0.5) is 0 Å². The molecule has 0 bridgehead atoms. The van der Waals surface area contributed by atoms with E-state index < -0.39 is 5.60 Å². The van der Waals surface area contributed by atoms with E-state index in [0.717, 1.165) is 32.4 Å². The van der Waals surface area contributed by atoms with E-state index in [1.165, 1.54) is 11.1 Å². The molecule has 2 rings (SSSR count). The molecule has 1 aromatic rings. The molecule has 2 unspecified atom stereocenters. The zero-order chi connectivity index (χ0) is 13.9. The zero-order valence-corrected chi connectivity index (χ0v) is 12.1. The maximum atomic E-state index is 10.2. The van der Waals surface area contributed by atoms with Crippen LogP contribution in [0.2, 0.25) is 0 Å². The average molecular weight is 262 g/mol. The summed E-state index contributed by atoms with van der Waals surface area (Å²) < 4.78 is 0. The predicted octanol–water partition coefficient (Wildman–Crippen LogP) is 2.23. The number of hydrogen-bond acceptors (Lipinski definition) is 3. The largest absolute Gasteiger partial charge is 0.390 e. The van der Waals surface area contributed by atoms with Crippen LogP contribution in [0.1, 0.15) is 43.4 Å². The molecule has 1 aliphatic rings. The van der Waals surface area contributed by atoms with Crippen molar-refractivity contribution in [1.82, 2.24) is 4.90 Å². The molecule has 0 aliphatic carbocycles. The van der Waals surface area contributed by atoms with E-state index in [9.17, 15) is 5.11 Å². The molecule has 1 fully saturated rings. The van der Waals surface area contributed by atoms with Gasteiger partial charge >= 0.3 is 0 Å². The highest BCUT2D eigenvalue weighted by Gasteiger charge is 2.28. The summed E-state index contributed by atoms with van der Waals surface area (Å²) >= 11 is 0. The molecule has 3 heteroatoms. The molecule has 106 valence electrons. The fourth-order valence-corrected chi connectivity index (χ4v) is 2.97. The lowest BCUT2D eigenvalue weighted by molar-refractivity contribution is 0.0431. The van der Waals surface area contributed by atoms with Gasteiger partial charge in [0, 0.05) is 19.1 Å². The third kappa shape index (κ3) is 3.78. The summed E-state index contributed by atoms with van der Waals surface area (Å²) in [7, 11) is 0. The Labute approximate surface area is 116 Å². The van der Waals surface area contributed by atoms with E-state index >= 15 is 0 Å². The fourth-order valence-electron chi connectivity index (χ4n) is 2.97. The third-order valence-corrected chi connectivity index (χ3v) is 4.19. The first-order chi connectivity index (χ1) is 9.02. The van der Waals surface area contributed by atoms with Crippen molar-refractivity contribution in [1.29, 1.82) is 0 Å². The third-order valence-electron chi connectivity index (χ3n) is 4.19. The fraction of sp³-hybridized carbons (Fsp3) is 0.625. The summed E-state index contributed by atoms with van der Waals surface area (Å²) in [6.45, 7) is 6.63. The van der Waals surface area contributed by atoms with Crippen molar-refractivity contribution in [2.75, 3.05) is 19.6 Å². The highest BCUT2D eigenvalue weighted by atomic mass is 16.3. The monoisotopic (exact) mass is 262 g/mol. The van der Waals surface area contributed by atoms with E-state index in [-0.39, 0.29) is 6.04 Å². The summed E-state index contributed by atoms with van der Waals surface area (Å²) in [4.78, 5) is 2.43. The van der Waals surface area contributed by atoms with Crippen LogP contribution in [0.5, 0.6) is 0 Å². The SMILES string of the molecule is Cc1cccc(C(CN)N2CCCC(C)(O)CC2)c1. The Hall–Kier alpha value is -0.900. The minimum atomic E-state index is -0.513. The minimum Gasteiger partial charge on any atom is -0.390 e. The molecule has 1 aliphatic heterocycles. The number of nitrogens with two attached hydrogens (primary N) is 1. The van der Waals surface area contributed by atoms with Gasteiger partial charge in [0.1, 0.15) is 0 Å². The summed E-state index contributed by atoms with van der Waals surface area (Å²) in [5, 5.41) is 10.2. The van der Waals surface area contributed by atoms with Crippen molar-refractivity contribution in [2.45, 2.75) is 44.8 Å². The van der Waals surface area contributed by atoms with Crippen molar-refractivity contribution in [2.24, 2.45) is 5.73 Å². The van der Waals surface area contributed by atoms with Crippen LogP contribution in [0.25, 0.3) is 0 Å². The molecule has 19 heavy (non-hydrogen) atoms. The van der Waals surface area contributed by atoms with E-state index in [4.69, 9.17) is 5.73 Å². The maximum Gasteiger partial charge on any atom is 0.0632 e. The normalized spacial score (nSPS) is 26.9. The van der Waals surface area contributed by atoms with Crippen LogP contribution in [-0.2, 0) is 0 Å². The molecule has 0 radical (unpaired) electrons. The molecule has 1 saturated heterocycles. The van der Waals surface area contributed by atoms with E-state index in [2.05, 4.69) is 36.1 Å². The van der Waals surface area contributed by atoms with Gasteiger partial charge in [-0.1, -0.05) is 29.8 Å². The van der Waals surface area contributed by atoms with Crippen LogP contribution in [0, 0.1) is 6.92 Å². The Kier molecular flexibility index (Phi) is 4.61. The second-order valence-corrected chi connectivity index (χ2v) is 6.05. The first kappa shape index (κ1) is 14.5. The zero-order valence-electron chi connectivity index (χ0n) is 12.1. The molecule has 3 N–H and O–H groups in total. The number of rotatable bonds is 3. The van der Waals surface area contributed by atoms with Crippen LogP contribution in [0.15, 0.2) is 24.3 Å². The Balaban J connectivity index is 2.13. The lowest BCUT2D eigenvalue weighted by Gasteiger charge is -2.30. The molecule has 0 saturated carbocycles. The highest BCUT2D eigenvalue weighted by Crippen LogP contribution is 2.27. The van der Waals surface area contributed by atoms with Crippen LogP contribution >= 0.6 is 0 Å². The van der Waals surface area contributed by atoms with Crippen LogP contribution in [0.3, 0.4) is 0 Å². The van der Waals surface area contributed by atoms with Gasteiger partial charge in [0.25, 0.3) is 0 Å². The maximum absolute atomic E-state index is 10.2. The quantitative estimate of drug-likeness (QED) is 0.878. The summed E-state index contributed by atoms with van der Waals surface area (Å²) in [5.74, 6) is 0. The van der Waals surface area contributed by atoms with E-state index in [0.29, 0.717) is 6.54 Å². The molecule has 0 aromatic heterocycles. The highest BCUT2D eigenvalue weighted by molar-refractivity contribution is 5.25. The Morgan fingerprint density at radius 1 is 1.37 bits per heavy atom. The van der Waals surface area contributed by atoms with Crippen LogP contribution in [-0.4, -0.2) is 35.2 Å². The number of aryl methyl sites for hydroxylation is 1. The number of hydrogen-bond donors (Lipinski definition) is 2. The first-order valence-corrected chi connectivity index (χ1v) is 7.25. The Bertz CT molecular complexity index is 417. The predicted molar refractivity (Wildman–Crippen MR) is 79.0 cm³/mol. The second-order valence-electron chi connectivity index (χ2n) is 6.05. The van der Waals surface area contributed by atoms with Gasteiger partial charge in [0.15, 0.2) is 0 Å². The minimum absolute atomic E-state index is 0.272. The Morgan fingerprint density at radius 2 is 2.16 bits per heavy atom. The molecular formula is C16H26N2O. The topological polar surface area (TPSA) is 49.5 Å². The molecule has 0 spiro atoms. The standard InChI is InChI=1S/C16H26N2O/c1-13-5-3-6-14(11-13)15(12-17)18-9-4-7-16(2,19)8-10-18/h3,5-6,11,15,19H,4,7-10,12,17H2,1-2H3. The summed E-state index contributed by atoms with van der Waals surface area (Å²) in [5.41, 5.74) is 8.06. The van der Waals surface area contributed by atoms with Crippen LogP contribution < -0.4 is 5.73 Å². The smallest absolute Gasteiger partial charge is 0.0632 e. The van der Waals surface area contributed by atoms with Crippen molar-refractivity contribution in [3.63, 3.8) is 0 Å². The van der Waals surface area contributed by atoms with Gasteiger partial charge < -0.3 is 10.8 Å². The lowest BCUT2D eigenvalue weighted by Crippen LogP contribution is -2.35. The van der Waals surface area contributed by atoms with Crippen molar-refractivity contribution in [3.05, 3.63) is 35.4 Å². The molecule has 0 amide bonds. The van der Waals surface area contributed by atoms with Gasteiger partial charge in [-0.25, -0.2) is 0 Å². The number of benzene rings is 1. The first-order valence-electron chi connectivity index (χ1n) is 7.25. The van der Waals surface area contributed by atoms with Crippen molar-refractivity contribution in [3.8, 4) is 0 Å². The number of aliphatic hydroxyl groups is 1. The van der Waals surface area contributed by atoms with Gasteiger partial charge in [0.2, 0.25) is 0 Å². The molecule has 1 heterocycles. The van der Waals surface area contributed by atoms with Gasteiger partial charge in [-0.15, -0.1) is 0 Å². The average Bonchev–Trinajstić information content (AvgIpc) is 2.52. The van der Waals surface area contributed by atoms with Gasteiger partial charge in [0.05, 0.1) is 5.60 Å². The molecule has 1 aromatic carbocycles. The van der Waals surface area contributed by atoms with Gasteiger partial charge in [-0.05, 0) is 45.2 Å². The lowest BCUT2D eigenvalue weighted by atomic mass is 9.98. The molecule has 3 nitrogen and oxygen atoms in total.